The molecule has 0 spiro atoms. The number of nitrogens with zero attached hydrogens (tertiary/aromatic N) is 4. The second kappa shape index (κ2) is 5.87. The maximum Gasteiger partial charge on any atom is 0.261 e. The summed E-state index contributed by atoms with van der Waals surface area (Å²) in [6.07, 6.45) is 3.87. The molecule has 0 saturated carbocycles. The lowest BCUT2D eigenvalue weighted by atomic mass is 10.1. The van der Waals surface area contributed by atoms with Gasteiger partial charge in [-0.2, -0.15) is 0 Å². The van der Waals surface area contributed by atoms with Crippen molar-refractivity contribution in [3.8, 4) is 0 Å². The zero-order valence-corrected chi connectivity index (χ0v) is 13.9. The summed E-state index contributed by atoms with van der Waals surface area (Å²) in [4.78, 5) is 19.8. The van der Waals surface area contributed by atoms with E-state index in [1.54, 1.807) is 10.8 Å². The van der Waals surface area contributed by atoms with Gasteiger partial charge in [-0.05, 0) is 38.4 Å². The lowest BCUT2D eigenvalue weighted by Crippen LogP contribution is -2.30. The summed E-state index contributed by atoms with van der Waals surface area (Å²) in [5.41, 5.74) is 1.87. The third-order valence-corrected chi connectivity index (χ3v) is 4.90. The van der Waals surface area contributed by atoms with Crippen LogP contribution in [-0.2, 0) is 13.6 Å². The molecule has 1 fully saturated rings. The molecule has 3 aromatic rings. The van der Waals surface area contributed by atoms with Gasteiger partial charge in [-0.15, -0.1) is 0 Å². The van der Waals surface area contributed by atoms with Crippen LogP contribution in [0.1, 0.15) is 36.0 Å². The van der Waals surface area contributed by atoms with Crippen LogP contribution in [0.3, 0.4) is 0 Å². The van der Waals surface area contributed by atoms with E-state index in [-0.39, 0.29) is 11.6 Å². The number of hydrogen-bond acceptors (Lipinski definition) is 5. The molecular formula is C18H20N4O2. The molecule has 0 N–H and O–H groups in total. The maximum absolute atomic E-state index is 12.7. The zero-order valence-electron chi connectivity index (χ0n) is 13.9. The molecule has 4 rings (SSSR count). The highest BCUT2D eigenvalue weighted by Gasteiger charge is 2.30. The van der Waals surface area contributed by atoms with Crippen LogP contribution in [0.4, 0.5) is 0 Å². The highest BCUT2D eigenvalue weighted by molar-refractivity contribution is 5.77. The fourth-order valence-corrected chi connectivity index (χ4v) is 3.53. The van der Waals surface area contributed by atoms with Crippen LogP contribution in [0.5, 0.6) is 0 Å². The van der Waals surface area contributed by atoms with Gasteiger partial charge in [-0.1, -0.05) is 17.3 Å². The number of benzene rings is 1. The molecule has 1 aliphatic rings. The number of hydrogen-bond donors (Lipinski definition) is 0. The van der Waals surface area contributed by atoms with Gasteiger partial charge >= 0.3 is 0 Å². The number of aromatic nitrogens is 3. The highest BCUT2D eigenvalue weighted by atomic mass is 16.5. The minimum Gasteiger partial charge on any atom is -0.361 e. The Hall–Kier alpha value is -2.47. The van der Waals surface area contributed by atoms with Crippen molar-refractivity contribution in [1.29, 1.82) is 0 Å². The summed E-state index contributed by atoms with van der Waals surface area (Å²) in [7, 11) is 1.82. The van der Waals surface area contributed by atoms with Crippen molar-refractivity contribution >= 4 is 10.9 Å². The summed E-state index contributed by atoms with van der Waals surface area (Å²) in [5.74, 6) is 1.69. The Morgan fingerprint density at radius 2 is 2.17 bits per heavy atom. The van der Waals surface area contributed by atoms with E-state index in [9.17, 15) is 4.79 Å². The zero-order chi connectivity index (χ0) is 16.7. The van der Waals surface area contributed by atoms with Crippen LogP contribution >= 0.6 is 0 Å². The van der Waals surface area contributed by atoms with Crippen LogP contribution in [0, 0.1) is 6.92 Å². The van der Waals surface area contributed by atoms with Gasteiger partial charge in [0.05, 0.1) is 23.1 Å². The van der Waals surface area contributed by atoms with Gasteiger partial charge in [0.15, 0.2) is 0 Å². The fourth-order valence-electron chi connectivity index (χ4n) is 3.53. The molecule has 1 saturated heterocycles. The van der Waals surface area contributed by atoms with Crippen LogP contribution < -0.4 is 5.56 Å². The Bertz CT molecular complexity index is 944. The number of rotatable bonds is 3. The van der Waals surface area contributed by atoms with Gasteiger partial charge in [0.25, 0.3) is 5.56 Å². The smallest absolute Gasteiger partial charge is 0.261 e. The molecule has 124 valence electrons. The lowest BCUT2D eigenvalue weighted by Gasteiger charge is -2.25. The second-order valence-corrected chi connectivity index (χ2v) is 6.39. The summed E-state index contributed by atoms with van der Waals surface area (Å²) in [5, 5.41) is 4.53. The molecule has 2 aromatic heterocycles. The minimum absolute atomic E-state index is 0.0172. The van der Waals surface area contributed by atoms with Gasteiger partial charge in [0.1, 0.15) is 11.6 Å². The Morgan fingerprint density at radius 1 is 1.33 bits per heavy atom. The first-order valence-electron chi connectivity index (χ1n) is 8.25. The Labute approximate surface area is 139 Å². The number of likely N-dealkylation sites (tertiary alicyclic amines) is 1. The molecule has 1 aromatic carbocycles. The van der Waals surface area contributed by atoms with Crippen molar-refractivity contribution in [3.63, 3.8) is 0 Å². The van der Waals surface area contributed by atoms with Crippen molar-refractivity contribution in [2.75, 3.05) is 6.54 Å². The topological polar surface area (TPSA) is 64.2 Å². The first-order chi connectivity index (χ1) is 11.6. The molecule has 24 heavy (non-hydrogen) atoms. The van der Waals surface area contributed by atoms with E-state index in [0.29, 0.717) is 5.39 Å². The van der Waals surface area contributed by atoms with Gasteiger partial charge in [0, 0.05) is 19.2 Å². The van der Waals surface area contributed by atoms with Gasteiger partial charge in [0.2, 0.25) is 0 Å². The van der Waals surface area contributed by atoms with Crippen LogP contribution in [0.15, 0.2) is 39.8 Å². The van der Waals surface area contributed by atoms with Crippen molar-refractivity contribution in [2.24, 2.45) is 7.05 Å². The first-order valence-corrected chi connectivity index (χ1v) is 8.25. The Morgan fingerprint density at radius 3 is 2.96 bits per heavy atom. The van der Waals surface area contributed by atoms with Gasteiger partial charge < -0.3 is 4.52 Å². The SMILES string of the molecule is Cc1oncc1CN1CCCC1c1nc2ccccc2c(=O)n1C. The fraction of sp³-hybridized carbons (Fsp3) is 0.389. The highest BCUT2D eigenvalue weighted by Crippen LogP contribution is 2.32. The summed E-state index contributed by atoms with van der Waals surface area (Å²) < 4.78 is 6.87. The van der Waals surface area contributed by atoms with E-state index in [1.165, 1.54) is 0 Å². The number of aryl methyl sites for hydroxylation is 1. The summed E-state index contributed by atoms with van der Waals surface area (Å²) in [6.45, 7) is 3.68. The van der Waals surface area contributed by atoms with E-state index in [0.717, 1.165) is 48.6 Å². The van der Waals surface area contributed by atoms with E-state index >= 15 is 0 Å². The van der Waals surface area contributed by atoms with Crippen LogP contribution in [0.2, 0.25) is 0 Å². The van der Waals surface area contributed by atoms with Crippen molar-refractivity contribution in [1.82, 2.24) is 19.6 Å². The van der Waals surface area contributed by atoms with E-state index in [4.69, 9.17) is 9.51 Å². The third kappa shape index (κ3) is 2.43. The average molecular weight is 324 g/mol. The molecular weight excluding hydrogens is 304 g/mol. The predicted molar refractivity (Wildman–Crippen MR) is 90.6 cm³/mol. The molecule has 0 aliphatic carbocycles. The number of para-hydroxylation sites is 1. The standard InChI is InChI=1S/C18H20N4O2/c1-12-13(10-19-24-12)11-22-9-5-8-16(22)17-20-15-7-4-3-6-14(15)18(23)21(17)2/h3-4,6-7,10,16H,5,8-9,11H2,1-2H3. The van der Waals surface area contributed by atoms with Crippen molar-refractivity contribution < 1.29 is 4.52 Å². The average Bonchev–Trinajstić information content (AvgIpc) is 3.21. The molecule has 6 heteroatoms. The van der Waals surface area contributed by atoms with E-state index in [2.05, 4.69) is 10.1 Å². The molecule has 1 aliphatic heterocycles. The van der Waals surface area contributed by atoms with Crippen LogP contribution in [0.25, 0.3) is 10.9 Å². The summed E-state index contributed by atoms with van der Waals surface area (Å²) >= 11 is 0. The van der Waals surface area contributed by atoms with E-state index < -0.39 is 0 Å². The quantitative estimate of drug-likeness (QED) is 0.741. The minimum atomic E-state index is 0.0172. The van der Waals surface area contributed by atoms with Crippen molar-refractivity contribution in [3.05, 3.63) is 58.0 Å². The Balaban J connectivity index is 1.74. The Kier molecular flexibility index (Phi) is 3.69. The molecule has 0 amide bonds. The normalized spacial score (nSPS) is 18.5. The molecule has 3 heterocycles. The van der Waals surface area contributed by atoms with Crippen molar-refractivity contribution in [2.45, 2.75) is 32.4 Å². The largest absolute Gasteiger partial charge is 0.361 e. The molecule has 0 radical (unpaired) electrons. The molecule has 1 unspecified atom stereocenters. The lowest BCUT2D eigenvalue weighted by molar-refractivity contribution is 0.233. The monoisotopic (exact) mass is 324 g/mol. The number of fused-ring (bicyclic) bond motifs is 1. The second-order valence-electron chi connectivity index (χ2n) is 6.39. The van der Waals surface area contributed by atoms with E-state index in [1.807, 2.05) is 38.2 Å². The molecule has 0 bridgehead atoms. The van der Waals surface area contributed by atoms with Gasteiger partial charge in [-0.3, -0.25) is 14.3 Å². The summed E-state index contributed by atoms with van der Waals surface area (Å²) in [6, 6.07) is 7.68. The molecule has 1 atom stereocenters. The van der Waals surface area contributed by atoms with Gasteiger partial charge in [-0.25, -0.2) is 4.98 Å². The van der Waals surface area contributed by atoms with Crippen LogP contribution in [-0.4, -0.2) is 26.2 Å². The molecule has 6 nitrogen and oxygen atoms in total. The third-order valence-electron chi connectivity index (χ3n) is 4.90. The maximum atomic E-state index is 12.7. The first kappa shape index (κ1) is 15.1. The predicted octanol–water partition coefficient (Wildman–Crippen LogP) is 2.57.